The molecule has 0 aliphatic heterocycles. The Morgan fingerprint density at radius 3 is 2.67 bits per heavy atom. The van der Waals surface area contributed by atoms with E-state index in [2.05, 4.69) is 14.8 Å². The Labute approximate surface area is 121 Å². The number of hydrogen-bond acceptors (Lipinski definition) is 5. The lowest BCUT2D eigenvalue weighted by atomic mass is 10.4. The molecule has 0 amide bonds. The smallest absolute Gasteiger partial charge is 0.325 e. The monoisotopic (exact) mass is 310 g/mol. The highest BCUT2D eigenvalue weighted by molar-refractivity contribution is 7.92. The van der Waals surface area contributed by atoms with E-state index >= 15 is 0 Å². The van der Waals surface area contributed by atoms with Gasteiger partial charge < -0.3 is 5.11 Å². The third-order valence-electron chi connectivity index (χ3n) is 2.77. The average molecular weight is 310 g/mol. The molecule has 2 aromatic heterocycles. The van der Waals surface area contributed by atoms with Crippen LogP contribution < -0.4 is 4.72 Å². The van der Waals surface area contributed by atoms with Gasteiger partial charge in [0, 0.05) is 6.20 Å². The van der Waals surface area contributed by atoms with Crippen molar-refractivity contribution < 1.29 is 18.3 Å². The summed E-state index contributed by atoms with van der Waals surface area (Å²) in [4.78, 5) is 14.6. The van der Waals surface area contributed by atoms with Gasteiger partial charge in [-0.1, -0.05) is 6.07 Å². The van der Waals surface area contributed by atoms with Crippen molar-refractivity contribution in [1.29, 1.82) is 0 Å². The number of carbonyl (C=O) groups is 1. The van der Waals surface area contributed by atoms with Gasteiger partial charge in [-0.2, -0.15) is 5.10 Å². The van der Waals surface area contributed by atoms with Gasteiger partial charge >= 0.3 is 5.97 Å². The van der Waals surface area contributed by atoms with Crippen LogP contribution in [0.1, 0.15) is 11.4 Å². The van der Waals surface area contributed by atoms with Crippen molar-refractivity contribution in [3.05, 3.63) is 35.8 Å². The molecule has 8 nitrogen and oxygen atoms in total. The highest BCUT2D eigenvalue weighted by Crippen LogP contribution is 2.21. The molecule has 0 aliphatic rings. The van der Waals surface area contributed by atoms with E-state index in [1.54, 1.807) is 12.1 Å². The molecule has 0 atom stereocenters. The number of carboxylic acids is 1. The summed E-state index contributed by atoms with van der Waals surface area (Å²) in [5, 5.41) is 12.7. The van der Waals surface area contributed by atoms with E-state index in [9.17, 15) is 13.2 Å². The molecule has 2 heterocycles. The zero-order valence-electron chi connectivity index (χ0n) is 11.4. The van der Waals surface area contributed by atoms with Crippen LogP contribution >= 0.6 is 0 Å². The topological polar surface area (TPSA) is 114 Å². The summed E-state index contributed by atoms with van der Waals surface area (Å²) in [5.74, 6) is -0.912. The predicted molar refractivity (Wildman–Crippen MR) is 74.4 cm³/mol. The standard InChI is InChI=1S/C12H14N4O4S/c1-8-12(9(2)16(14-8)7-11(17)18)21(19,20)15-10-5-3-4-6-13-10/h3-6H,7H2,1-2H3,(H,13,15)(H,17,18). The fourth-order valence-corrected chi connectivity index (χ4v) is 3.39. The van der Waals surface area contributed by atoms with Crippen molar-refractivity contribution >= 4 is 21.8 Å². The van der Waals surface area contributed by atoms with E-state index in [0.29, 0.717) is 0 Å². The van der Waals surface area contributed by atoms with E-state index in [-0.39, 0.29) is 22.1 Å². The number of hydrogen-bond donors (Lipinski definition) is 2. The maximum Gasteiger partial charge on any atom is 0.325 e. The minimum absolute atomic E-state index is 0.0330. The number of nitrogens with zero attached hydrogens (tertiary/aromatic N) is 3. The first-order chi connectivity index (χ1) is 9.81. The summed E-state index contributed by atoms with van der Waals surface area (Å²) >= 11 is 0. The first kappa shape index (κ1) is 15.0. The molecular weight excluding hydrogens is 296 g/mol. The highest BCUT2D eigenvalue weighted by atomic mass is 32.2. The zero-order chi connectivity index (χ0) is 15.6. The van der Waals surface area contributed by atoms with Gasteiger partial charge in [-0.15, -0.1) is 0 Å². The van der Waals surface area contributed by atoms with Crippen molar-refractivity contribution in [2.24, 2.45) is 0 Å². The van der Waals surface area contributed by atoms with E-state index in [1.165, 1.54) is 26.1 Å². The number of nitrogens with one attached hydrogen (secondary N) is 1. The normalized spacial score (nSPS) is 11.3. The summed E-state index contributed by atoms with van der Waals surface area (Å²) in [6.07, 6.45) is 1.46. The van der Waals surface area contributed by atoms with E-state index in [1.807, 2.05) is 0 Å². The van der Waals surface area contributed by atoms with Gasteiger partial charge in [0.1, 0.15) is 17.3 Å². The second-order valence-corrected chi connectivity index (χ2v) is 5.99. The number of aryl methyl sites for hydroxylation is 1. The van der Waals surface area contributed by atoms with Gasteiger partial charge in [-0.25, -0.2) is 13.4 Å². The van der Waals surface area contributed by atoms with Crippen LogP contribution in [-0.2, 0) is 21.4 Å². The molecule has 2 aromatic rings. The minimum Gasteiger partial charge on any atom is -0.480 e. The molecule has 0 radical (unpaired) electrons. The van der Waals surface area contributed by atoms with Crippen LogP contribution in [0.15, 0.2) is 29.3 Å². The summed E-state index contributed by atoms with van der Waals surface area (Å²) in [6, 6.07) is 4.83. The molecule has 0 aromatic carbocycles. The second-order valence-electron chi connectivity index (χ2n) is 4.37. The summed E-state index contributed by atoms with van der Waals surface area (Å²) in [6.45, 7) is 2.63. The Morgan fingerprint density at radius 1 is 1.38 bits per heavy atom. The van der Waals surface area contributed by atoms with Crippen LogP contribution in [0.5, 0.6) is 0 Å². The third kappa shape index (κ3) is 3.19. The number of aromatic nitrogens is 3. The van der Waals surface area contributed by atoms with Gasteiger partial charge in [-0.3, -0.25) is 14.2 Å². The van der Waals surface area contributed by atoms with E-state index in [0.717, 1.165) is 4.68 Å². The molecule has 2 rings (SSSR count). The SMILES string of the molecule is Cc1nn(CC(=O)O)c(C)c1S(=O)(=O)Nc1ccccn1. The Hall–Kier alpha value is -2.42. The van der Waals surface area contributed by atoms with Gasteiger partial charge in [0.05, 0.1) is 11.4 Å². The number of anilines is 1. The fourth-order valence-electron chi connectivity index (χ4n) is 1.96. The van der Waals surface area contributed by atoms with E-state index in [4.69, 9.17) is 5.11 Å². The molecule has 0 saturated heterocycles. The zero-order valence-corrected chi connectivity index (χ0v) is 12.3. The maximum absolute atomic E-state index is 12.4. The van der Waals surface area contributed by atoms with Crippen molar-refractivity contribution in [2.45, 2.75) is 25.3 Å². The first-order valence-corrected chi connectivity index (χ1v) is 7.49. The molecule has 0 fully saturated rings. The van der Waals surface area contributed by atoms with Gasteiger partial charge in [-0.05, 0) is 26.0 Å². The van der Waals surface area contributed by atoms with Crippen LogP contribution in [-0.4, -0.2) is 34.3 Å². The predicted octanol–water partition coefficient (Wildman–Crippen LogP) is 0.780. The summed E-state index contributed by atoms with van der Waals surface area (Å²) in [5.41, 5.74) is 0.496. The third-order valence-corrected chi connectivity index (χ3v) is 4.38. The molecule has 0 bridgehead atoms. The summed E-state index contributed by atoms with van der Waals surface area (Å²) < 4.78 is 28.3. The lowest BCUT2D eigenvalue weighted by Gasteiger charge is -2.07. The van der Waals surface area contributed by atoms with Crippen molar-refractivity contribution in [3.63, 3.8) is 0 Å². The van der Waals surface area contributed by atoms with Crippen LogP contribution in [0.2, 0.25) is 0 Å². The van der Waals surface area contributed by atoms with Crippen molar-refractivity contribution in [2.75, 3.05) is 4.72 Å². The van der Waals surface area contributed by atoms with Crippen molar-refractivity contribution in [1.82, 2.24) is 14.8 Å². The average Bonchev–Trinajstić information content (AvgIpc) is 2.64. The number of carboxylic acid groups (broad SMARTS) is 1. The molecule has 21 heavy (non-hydrogen) atoms. The lowest BCUT2D eigenvalue weighted by Crippen LogP contribution is -2.16. The van der Waals surface area contributed by atoms with Crippen LogP contribution in [0.3, 0.4) is 0 Å². The van der Waals surface area contributed by atoms with Gasteiger partial charge in [0.15, 0.2) is 0 Å². The Morgan fingerprint density at radius 2 is 2.10 bits per heavy atom. The molecule has 0 saturated carbocycles. The van der Waals surface area contributed by atoms with Gasteiger partial charge in [0.2, 0.25) is 0 Å². The lowest BCUT2D eigenvalue weighted by molar-refractivity contribution is -0.137. The highest BCUT2D eigenvalue weighted by Gasteiger charge is 2.25. The number of aliphatic carboxylic acids is 1. The van der Waals surface area contributed by atoms with Crippen LogP contribution in [0.4, 0.5) is 5.82 Å². The largest absolute Gasteiger partial charge is 0.480 e. The van der Waals surface area contributed by atoms with Crippen molar-refractivity contribution in [3.8, 4) is 0 Å². The van der Waals surface area contributed by atoms with Gasteiger partial charge in [0.25, 0.3) is 10.0 Å². The molecular formula is C12H14N4O4S. The Kier molecular flexibility index (Phi) is 3.94. The quantitative estimate of drug-likeness (QED) is 0.843. The minimum atomic E-state index is -3.88. The van der Waals surface area contributed by atoms with Crippen LogP contribution in [0.25, 0.3) is 0 Å². The molecule has 0 spiro atoms. The van der Waals surface area contributed by atoms with Crippen LogP contribution in [0, 0.1) is 13.8 Å². The first-order valence-electron chi connectivity index (χ1n) is 6.01. The molecule has 9 heteroatoms. The van der Waals surface area contributed by atoms with E-state index < -0.39 is 22.5 Å². The maximum atomic E-state index is 12.4. The molecule has 0 unspecified atom stereocenters. The number of rotatable bonds is 5. The fraction of sp³-hybridized carbons (Fsp3) is 0.250. The number of pyridine rings is 1. The second kappa shape index (κ2) is 5.52. The summed E-state index contributed by atoms with van der Waals surface area (Å²) in [7, 11) is -3.88. The number of sulfonamides is 1. The Balaban J connectivity index is 2.41. The molecule has 0 aliphatic carbocycles. The molecule has 2 N–H and O–H groups in total. The Bertz CT molecular complexity index is 768. The molecule has 112 valence electrons.